The molecule has 1 aromatic heterocycles. The lowest BCUT2D eigenvalue weighted by atomic mass is 9.91. The number of carbonyl (C=O) groups is 1. The van der Waals surface area contributed by atoms with E-state index in [-0.39, 0.29) is 32.5 Å². The monoisotopic (exact) mass is 516 g/mol. The number of hydrogen-bond acceptors (Lipinski definition) is 7. The Morgan fingerprint density at radius 2 is 1.51 bits per heavy atom. The van der Waals surface area contributed by atoms with Gasteiger partial charge in [0.25, 0.3) is 0 Å². The number of rotatable bonds is 7. The van der Waals surface area contributed by atoms with Gasteiger partial charge in [0.2, 0.25) is 11.7 Å². The average molecular weight is 517 g/mol. The fourth-order valence-electron chi connectivity index (χ4n) is 3.83. The summed E-state index contributed by atoms with van der Waals surface area (Å²) in [4.78, 5) is 13.8. The van der Waals surface area contributed by atoms with Crippen LogP contribution in [0.25, 0.3) is 5.57 Å². The van der Waals surface area contributed by atoms with E-state index in [1.807, 2.05) is 13.8 Å². The van der Waals surface area contributed by atoms with Crippen LogP contribution >= 0.6 is 0 Å². The van der Waals surface area contributed by atoms with Crippen LogP contribution in [0.1, 0.15) is 53.5 Å². The van der Waals surface area contributed by atoms with Gasteiger partial charge in [-0.05, 0) is 75.6 Å². The van der Waals surface area contributed by atoms with Crippen LogP contribution in [-0.4, -0.2) is 38.7 Å². The summed E-state index contributed by atoms with van der Waals surface area (Å²) in [5.74, 6) is -0.738. The Balaban J connectivity index is 2.22. The van der Waals surface area contributed by atoms with Crippen molar-refractivity contribution < 1.29 is 25.8 Å². The van der Waals surface area contributed by atoms with Crippen molar-refractivity contribution in [2.45, 2.75) is 44.4 Å². The van der Waals surface area contributed by atoms with Crippen LogP contribution in [0.5, 0.6) is 5.88 Å². The Morgan fingerprint density at radius 3 is 2.06 bits per heavy atom. The van der Waals surface area contributed by atoms with Gasteiger partial charge >= 0.3 is 10.1 Å². The molecule has 0 unspecified atom stereocenters. The van der Waals surface area contributed by atoms with E-state index in [0.717, 1.165) is 17.4 Å². The van der Waals surface area contributed by atoms with Gasteiger partial charge in [-0.2, -0.15) is 13.5 Å². The highest BCUT2D eigenvalue weighted by molar-refractivity contribution is 7.90. The molecule has 0 saturated heterocycles. The summed E-state index contributed by atoms with van der Waals surface area (Å²) in [6, 6.07) is 10.4. The molecule has 0 aliphatic rings. The van der Waals surface area contributed by atoms with Crippen LogP contribution in [-0.2, 0) is 27.0 Å². The smallest absolute Gasteiger partial charge is 0.340 e. The van der Waals surface area contributed by atoms with Gasteiger partial charge in [-0.1, -0.05) is 23.8 Å². The van der Waals surface area contributed by atoms with Crippen LogP contribution in [0.3, 0.4) is 0 Å². The quantitative estimate of drug-likeness (QED) is 0.341. The fourth-order valence-corrected chi connectivity index (χ4v) is 5.80. The molecule has 186 valence electrons. The number of aromatic nitrogens is 2. The minimum atomic E-state index is -4.23. The predicted molar refractivity (Wildman–Crippen MR) is 134 cm³/mol. The van der Waals surface area contributed by atoms with E-state index in [1.165, 1.54) is 36.0 Å². The highest BCUT2D eigenvalue weighted by Gasteiger charge is 2.30. The lowest BCUT2D eigenvalue weighted by molar-refractivity contribution is 0.103. The first-order valence-electron chi connectivity index (χ1n) is 10.7. The summed E-state index contributed by atoms with van der Waals surface area (Å²) in [6.07, 6.45) is 1.12. The molecule has 0 atom stereocenters. The van der Waals surface area contributed by atoms with Crippen molar-refractivity contribution in [3.63, 3.8) is 0 Å². The minimum absolute atomic E-state index is 0.0111. The Labute approximate surface area is 206 Å². The van der Waals surface area contributed by atoms with Crippen molar-refractivity contribution >= 4 is 31.3 Å². The minimum Gasteiger partial charge on any atom is -0.358 e. The molecule has 0 aliphatic heterocycles. The van der Waals surface area contributed by atoms with Crippen LogP contribution in [0.2, 0.25) is 0 Å². The Kier molecular flexibility index (Phi) is 7.10. The average Bonchev–Trinajstić information content (AvgIpc) is 3.04. The van der Waals surface area contributed by atoms with Gasteiger partial charge in [0, 0.05) is 18.9 Å². The van der Waals surface area contributed by atoms with Gasteiger partial charge in [0.15, 0.2) is 9.84 Å². The maximum Gasteiger partial charge on any atom is 0.340 e. The molecule has 0 N–H and O–H groups in total. The molecule has 0 spiro atoms. The summed E-state index contributed by atoms with van der Waals surface area (Å²) >= 11 is 0. The summed E-state index contributed by atoms with van der Waals surface area (Å²) in [7, 11) is -6.32. The van der Waals surface area contributed by atoms with Crippen LogP contribution in [0.15, 0.2) is 57.8 Å². The third-order valence-electron chi connectivity index (χ3n) is 5.81. The molecular weight excluding hydrogens is 488 g/mol. The van der Waals surface area contributed by atoms with Crippen molar-refractivity contribution in [1.29, 1.82) is 0 Å². The van der Waals surface area contributed by atoms with Crippen molar-refractivity contribution in [2.24, 2.45) is 7.05 Å². The van der Waals surface area contributed by atoms with Gasteiger partial charge in [-0.25, -0.2) is 13.1 Å². The SMILES string of the molecule is CC(C)=C(C)c1c(S(C)(=O)=O)ccc(C(=O)c2c(C)nn(C)c2OS(=O)(=O)c2ccccc2)c1C. The van der Waals surface area contributed by atoms with Gasteiger partial charge < -0.3 is 4.18 Å². The zero-order valence-corrected chi connectivity index (χ0v) is 22.3. The highest BCUT2D eigenvalue weighted by Crippen LogP contribution is 2.34. The van der Waals surface area contributed by atoms with Crippen LogP contribution in [0, 0.1) is 13.8 Å². The second kappa shape index (κ2) is 9.43. The molecule has 3 aromatic rings. The maximum absolute atomic E-state index is 13.8. The molecule has 1 heterocycles. The van der Waals surface area contributed by atoms with Crippen molar-refractivity contribution in [3.05, 3.63) is 76.0 Å². The van der Waals surface area contributed by atoms with Crippen LogP contribution < -0.4 is 4.18 Å². The fraction of sp³-hybridized carbons (Fsp3) is 0.280. The lowest BCUT2D eigenvalue weighted by Crippen LogP contribution is -2.15. The van der Waals surface area contributed by atoms with Gasteiger partial charge in [-0.3, -0.25) is 4.79 Å². The first kappa shape index (κ1) is 26.4. The predicted octanol–water partition coefficient (Wildman–Crippen LogP) is 4.25. The summed E-state index contributed by atoms with van der Waals surface area (Å²) in [5.41, 5.74) is 3.06. The second-order valence-electron chi connectivity index (χ2n) is 8.58. The number of aryl methyl sites for hydroxylation is 2. The van der Waals surface area contributed by atoms with Crippen molar-refractivity contribution in [2.75, 3.05) is 6.26 Å². The molecule has 3 rings (SSSR count). The molecule has 0 saturated carbocycles. The Bertz CT molecular complexity index is 1560. The van der Waals surface area contributed by atoms with E-state index in [4.69, 9.17) is 4.18 Å². The van der Waals surface area contributed by atoms with E-state index in [2.05, 4.69) is 5.10 Å². The number of sulfone groups is 1. The summed E-state index contributed by atoms with van der Waals surface area (Å²) in [5, 5.41) is 4.21. The molecule has 8 nitrogen and oxygen atoms in total. The standard InChI is InChI=1S/C25H28N2O6S2/c1-15(2)16(3)22-17(4)20(13-14-21(22)34(7,29)30)24(28)23-18(5)26-27(6)25(23)33-35(31,32)19-11-9-8-10-12-19/h8-14H,1-7H3. The topological polar surface area (TPSA) is 112 Å². The zero-order valence-electron chi connectivity index (χ0n) is 20.7. The van der Waals surface area contributed by atoms with E-state index < -0.39 is 25.7 Å². The van der Waals surface area contributed by atoms with E-state index >= 15 is 0 Å². The van der Waals surface area contributed by atoms with E-state index in [0.29, 0.717) is 11.1 Å². The number of ketones is 1. The van der Waals surface area contributed by atoms with Crippen LogP contribution in [0.4, 0.5) is 0 Å². The largest absolute Gasteiger partial charge is 0.358 e. The van der Waals surface area contributed by atoms with E-state index in [9.17, 15) is 21.6 Å². The molecule has 0 bridgehead atoms. The third kappa shape index (κ3) is 5.08. The molecule has 0 fully saturated rings. The lowest BCUT2D eigenvalue weighted by Gasteiger charge is -2.17. The third-order valence-corrected chi connectivity index (χ3v) is 8.18. The Morgan fingerprint density at radius 1 is 0.914 bits per heavy atom. The van der Waals surface area contributed by atoms with Gasteiger partial charge in [0.05, 0.1) is 10.6 Å². The zero-order chi connectivity index (χ0) is 26.3. The number of allylic oxidation sites excluding steroid dienone is 2. The molecule has 2 aromatic carbocycles. The molecule has 10 heteroatoms. The second-order valence-corrected chi connectivity index (χ2v) is 12.1. The molecular formula is C25H28N2O6S2. The highest BCUT2D eigenvalue weighted by atomic mass is 32.2. The number of nitrogens with zero attached hydrogens (tertiary/aromatic N) is 2. The molecule has 0 amide bonds. The molecule has 0 aliphatic carbocycles. The van der Waals surface area contributed by atoms with E-state index in [1.54, 1.807) is 39.0 Å². The van der Waals surface area contributed by atoms with Crippen molar-refractivity contribution in [3.8, 4) is 5.88 Å². The van der Waals surface area contributed by atoms with Gasteiger partial charge in [0.1, 0.15) is 10.5 Å². The summed E-state index contributed by atoms with van der Waals surface area (Å²) in [6.45, 7) is 8.78. The maximum atomic E-state index is 13.8. The summed E-state index contributed by atoms with van der Waals surface area (Å²) < 4.78 is 57.3. The number of hydrogen-bond donors (Lipinski definition) is 0. The first-order valence-corrected chi connectivity index (χ1v) is 14.0. The first-order chi connectivity index (χ1) is 16.2. The molecule has 0 radical (unpaired) electrons. The number of benzene rings is 2. The number of carbonyl (C=O) groups excluding carboxylic acids is 1. The normalized spacial score (nSPS) is 11.9. The Hall–Kier alpha value is -3.24. The molecule has 35 heavy (non-hydrogen) atoms. The van der Waals surface area contributed by atoms with Crippen molar-refractivity contribution in [1.82, 2.24) is 9.78 Å². The van der Waals surface area contributed by atoms with Gasteiger partial charge in [-0.15, -0.1) is 0 Å².